The van der Waals surface area contributed by atoms with Gasteiger partial charge in [-0.05, 0) is 28.7 Å². The molecule has 0 bridgehead atoms. The number of carbonyl (C=O) groups excluding carboxylic acids is 1. The van der Waals surface area contributed by atoms with Gasteiger partial charge in [0.15, 0.2) is 5.78 Å². The lowest BCUT2D eigenvalue weighted by Crippen LogP contribution is -2.20. The Morgan fingerprint density at radius 2 is 1.67 bits per heavy atom. The molecule has 0 N–H and O–H groups in total. The number of fused-ring (bicyclic) bond motifs is 1. The first-order valence-corrected chi connectivity index (χ1v) is 7.34. The van der Waals surface area contributed by atoms with E-state index < -0.39 is 0 Å². The molecule has 0 amide bonds. The lowest BCUT2D eigenvalue weighted by molar-refractivity contribution is 0.0850. The number of para-hydroxylation sites is 1. The molecule has 0 radical (unpaired) electrons. The Hall–Kier alpha value is -2.09. The zero-order valence-corrected chi connectivity index (χ0v) is 12.7. The summed E-state index contributed by atoms with van der Waals surface area (Å²) in [5, 5.41) is 0. The predicted molar refractivity (Wildman–Crippen MR) is 83.9 cm³/mol. The van der Waals surface area contributed by atoms with Crippen molar-refractivity contribution < 1.29 is 9.53 Å². The van der Waals surface area contributed by atoms with Gasteiger partial charge in [0, 0.05) is 0 Å². The van der Waals surface area contributed by atoms with Crippen LogP contribution in [0.4, 0.5) is 0 Å². The standard InChI is InChI=1S/C19H20O2/c1-19(2,3)14-10-8-13(9-11-14)18-12-16(20)15-6-4-5-7-17(15)21-18/h4-11,18H,12H2,1-3H3/t18-/m0/s1. The molecular formula is C19H20O2. The van der Waals surface area contributed by atoms with Gasteiger partial charge in [-0.2, -0.15) is 0 Å². The molecule has 108 valence electrons. The lowest BCUT2D eigenvalue weighted by Gasteiger charge is -2.26. The Balaban J connectivity index is 1.88. The SMILES string of the molecule is CC(C)(C)c1ccc([C@@H]2CC(=O)c3ccccc3O2)cc1. The van der Waals surface area contributed by atoms with E-state index in [0.29, 0.717) is 17.7 Å². The van der Waals surface area contributed by atoms with Gasteiger partial charge < -0.3 is 4.74 Å². The van der Waals surface area contributed by atoms with E-state index in [4.69, 9.17) is 4.74 Å². The fourth-order valence-electron chi connectivity index (χ4n) is 2.66. The first-order valence-electron chi connectivity index (χ1n) is 7.34. The number of ketones is 1. The van der Waals surface area contributed by atoms with Crippen molar-refractivity contribution in [3.05, 3.63) is 65.2 Å². The Kier molecular flexibility index (Phi) is 3.32. The van der Waals surface area contributed by atoms with Crippen LogP contribution in [-0.4, -0.2) is 5.78 Å². The maximum atomic E-state index is 12.2. The molecule has 1 heterocycles. The fraction of sp³-hybridized carbons (Fsp3) is 0.316. The number of carbonyl (C=O) groups is 1. The van der Waals surface area contributed by atoms with Gasteiger partial charge in [-0.25, -0.2) is 0 Å². The van der Waals surface area contributed by atoms with E-state index in [9.17, 15) is 4.79 Å². The van der Waals surface area contributed by atoms with E-state index in [2.05, 4.69) is 45.0 Å². The second-order valence-electron chi connectivity index (χ2n) is 6.60. The predicted octanol–water partition coefficient (Wildman–Crippen LogP) is 4.69. The van der Waals surface area contributed by atoms with Crippen LogP contribution in [0.15, 0.2) is 48.5 Å². The summed E-state index contributed by atoms with van der Waals surface area (Å²) in [5.74, 6) is 0.848. The molecule has 0 aliphatic carbocycles. The normalized spacial score (nSPS) is 18.0. The minimum atomic E-state index is -0.179. The summed E-state index contributed by atoms with van der Waals surface area (Å²) in [6.45, 7) is 6.58. The van der Waals surface area contributed by atoms with Gasteiger partial charge in [0.1, 0.15) is 11.9 Å². The summed E-state index contributed by atoms with van der Waals surface area (Å²) in [4.78, 5) is 12.2. The van der Waals surface area contributed by atoms with Gasteiger partial charge in [-0.15, -0.1) is 0 Å². The quantitative estimate of drug-likeness (QED) is 0.757. The topological polar surface area (TPSA) is 26.3 Å². The van der Waals surface area contributed by atoms with Crippen molar-refractivity contribution in [2.75, 3.05) is 0 Å². The van der Waals surface area contributed by atoms with Crippen molar-refractivity contribution in [2.45, 2.75) is 38.7 Å². The van der Waals surface area contributed by atoms with E-state index in [1.54, 1.807) is 0 Å². The first kappa shape index (κ1) is 13.9. The van der Waals surface area contributed by atoms with Gasteiger partial charge in [0.2, 0.25) is 0 Å². The zero-order valence-electron chi connectivity index (χ0n) is 12.7. The van der Waals surface area contributed by atoms with Crippen LogP contribution in [0.2, 0.25) is 0 Å². The lowest BCUT2D eigenvalue weighted by atomic mass is 9.86. The number of rotatable bonds is 1. The fourth-order valence-corrected chi connectivity index (χ4v) is 2.66. The number of hydrogen-bond acceptors (Lipinski definition) is 2. The highest BCUT2D eigenvalue weighted by atomic mass is 16.5. The van der Waals surface area contributed by atoms with E-state index >= 15 is 0 Å². The summed E-state index contributed by atoms with van der Waals surface area (Å²) in [7, 11) is 0. The summed E-state index contributed by atoms with van der Waals surface area (Å²) < 4.78 is 5.99. The first-order chi connectivity index (χ1) is 9.95. The van der Waals surface area contributed by atoms with Crippen molar-refractivity contribution in [1.29, 1.82) is 0 Å². The van der Waals surface area contributed by atoms with Gasteiger partial charge in [0.25, 0.3) is 0 Å². The third-order valence-corrected chi connectivity index (χ3v) is 3.98. The highest BCUT2D eigenvalue weighted by Gasteiger charge is 2.27. The molecule has 1 atom stereocenters. The van der Waals surface area contributed by atoms with Crippen LogP contribution in [0.25, 0.3) is 0 Å². The van der Waals surface area contributed by atoms with Gasteiger partial charge in [-0.3, -0.25) is 4.79 Å². The average molecular weight is 280 g/mol. The molecule has 0 saturated heterocycles. The van der Waals surface area contributed by atoms with Gasteiger partial charge in [-0.1, -0.05) is 57.2 Å². The van der Waals surface area contributed by atoms with Crippen molar-refractivity contribution in [1.82, 2.24) is 0 Å². The summed E-state index contributed by atoms with van der Waals surface area (Å²) in [6.07, 6.45) is 0.229. The highest BCUT2D eigenvalue weighted by Crippen LogP contribution is 2.35. The molecule has 0 saturated carbocycles. The molecule has 2 nitrogen and oxygen atoms in total. The summed E-state index contributed by atoms with van der Waals surface area (Å²) in [5.41, 5.74) is 3.17. The minimum Gasteiger partial charge on any atom is -0.484 e. The monoisotopic (exact) mass is 280 g/mol. The Morgan fingerprint density at radius 1 is 1.00 bits per heavy atom. The van der Waals surface area contributed by atoms with E-state index in [-0.39, 0.29) is 17.3 Å². The third kappa shape index (κ3) is 2.71. The molecule has 0 unspecified atom stereocenters. The van der Waals surface area contributed by atoms with E-state index in [1.807, 2.05) is 24.3 Å². The number of benzene rings is 2. The van der Waals surface area contributed by atoms with Gasteiger partial charge in [0.05, 0.1) is 12.0 Å². The molecule has 1 aliphatic heterocycles. The smallest absolute Gasteiger partial charge is 0.170 e. The molecule has 0 fully saturated rings. The molecule has 0 aromatic heterocycles. The molecule has 2 aromatic carbocycles. The second-order valence-corrected chi connectivity index (χ2v) is 6.60. The van der Waals surface area contributed by atoms with E-state index in [0.717, 1.165) is 5.56 Å². The molecule has 3 rings (SSSR count). The van der Waals surface area contributed by atoms with Crippen LogP contribution >= 0.6 is 0 Å². The molecule has 0 spiro atoms. The van der Waals surface area contributed by atoms with Crippen LogP contribution in [0.1, 0.15) is 54.8 Å². The van der Waals surface area contributed by atoms with Crippen molar-refractivity contribution in [3.63, 3.8) is 0 Å². The molecule has 21 heavy (non-hydrogen) atoms. The zero-order chi connectivity index (χ0) is 15.0. The number of ether oxygens (including phenoxy) is 1. The number of Topliss-reactive ketones (excluding diaryl/α,β-unsaturated/α-hetero) is 1. The number of hydrogen-bond donors (Lipinski definition) is 0. The molecular weight excluding hydrogens is 260 g/mol. The second kappa shape index (κ2) is 5.03. The van der Waals surface area contributed by atoms with Crippen LogP contribution in [0.5, 0.6) is 5.75 Å². The minimum absolute atomic E-state index is 0.133. The third-order valence-electron chi connectivity index (χ3n) is 3.98. The summed E-state index contributed by atoms with van der Waals surface area (Å²) >= 11 is 0. The maximum absolute atomic E-state index is 12.2. The summed E-state index contributed by atoms with van der Waals surface area (Å²) in [6, 6.07) is 15.9. The van der Waals surface area contributed by atoms with Crippen molar-refractivity contribution >= 4 is 5.78 Å². The van der Waals surface area contributed by atoms with Crippen LogP contribution < -0.4 is 4.74 Å². The Morgan fingerprint density at radius 3 is 2.33 bits per heavy atom. The van der Waals surface area contributed by atoms with E-state index in [1.165, 1.54) is 5.56 Å². The Labute approximate surface area is 125 Å². The van der Waals surface area contributed by atoms with Gasteiger partial charge >= 0.3 is 0 Å². The van der Waals surface area contributed by atoms with Crippen LogP contribution in [0.3, 0.4) is 0 Å². The molecule has 2 heteroatoms. The largest absolute Gasteiger partial charge is 0.484 e. The Bertz CT molecular complexity index is 663. The average Bonchev–Trinajstić information content (AvgIpc) is 2.46. The maximum Gasteiger partial charge on any atom is 0.170 e. The molecule has 2 aromatic rings. The van der Waals surface area contributed by atoms with Crippen molar-refractivity contribution in [3.8, 4) is 5.75 Å². The highest BCUT2D eigenvalue weighted by molar-refractivity contribution is 5.99. The van der Waals surface area contributed by atoms with Crippen molar-refractivity contribution in [2.24, 2.45) is 0 Å². The van der Waals surface area contributed by atoms with Crippen LogP contribution in [0, 0.1) is 0 Å². The molecule has 1 aliphatic rings. The van der Waals surface area contributed by atoms with Crippen LogP contribution in [-0.2, 0) is 5.41 Å².